The lowest BCUT2D eigenvalue weighted by Gasteiger charge is -2.28. The number of ether oxygens (including phenoxy) is 2. The highest BCUT2D eigenvalue weighted by Gasteiger charge is 2.53. The van der Waals surface area contributed by atoms with Crippen LogP contribution in [0.2, 0.25) is 0 Å². The van der Waals surface area contributed by atoms with E-state index in [1.54, 1.807) is 0 Å². The van der Waals surface area contributed by atoms with E-state index >= 15 is 0 Å². The van der Waals surface area contributed by atoms with E-state index in [9.17, 15) is 9.59 Å². The van der Waals surface area contributed by atoms with E-state index in [1.807, 2.05) is 0 Å². The Balaban J connectivity index is 1.86. The molecule has 0 radical (unpaired) electrons. The number of fused-ring (bicyclic) bond motifs is 2. The summed E-state index contributed by atoms with van der Waals surface area (Å²) in [4.78, 5) is 25.9. The van der Waals surface area contributed by atoms with Crippen molar-refractivity contribution >= 4 is 11.9 Å². The number of esters is 2. The van der Waals surface area contributed by atoms with Crippen molar-refractivity contribution in [3.8, 4) is 0 Å². The first-order valence-electron chi connectivity index (χ1n) is 13.1. The largest absolute Gasteiger partial charge is 0.462 e. The number of hydrogen-bond acceptors (Lipinski definition) is 4. The summed E-state index contributed by atoms with van der Waals surface area (Å²) in [5, 5.41) is 0. The monoisotopic (exact) mass is 434 g/mol. The van der Waals surface area contributed by atoms with Gasteiger partial charge in [-0.3, -0.25) is 0 Å². The molecule has 0 amide bonds. The second kappa shape index (κ2) is 14.0. The van der Waals surface area contributed by atoms with E-state index in [-0.39, 0.29) is 23.8 Å². The Morgan fingerprint density at radius 3 is 1.39 bits per heavy atom. The van der Waals surface area contributed by atoms with Gasteiger partial charge in [0.2, 0.25) is 0 Å². The van der Waals surface area contributed by atoms with Gasteiger partial charge in [0.25, 0.3) is 0 Å². The molecular weight excluding hydrogens is 388 g/mol. The Bertz CT molecular complexity index is 544. The van der Waals surface area contributed by atoms with Crippen LogP contribution in [0.5, 0.6) is 0 Å². The Hall–Kier alpha value is -1.32. The van der Waals surface area contributed by atoms with Crippen molar-refractivity contribution < 1.29 is 19.1 Å². The molecule has 0 aromatic carbocycles. The molecule has 0 spiro atoms. The minimum absolute atomic E-state index is 0.147. The fourth-order valence-corrected chi connectivity index (χ4v) is 5.37. The van der Waals surface area contributed by atoms with Crippen LogP contribution in [0.3, 0.4) is 0 Å². The van der Waals surface area contributed by atoms with Crippen LogP contribution in [0.1, 0.15) is 111 Å². The molecule has 2 aliphatic carbocycles. The van der Waals surface area contributed by atoms with Crippen LogP contribution in [0.15, 0.2) is 11.1 Å². The van der Waals surface area contributed by atoms with E-state index in [2.05, 4.69) is 27.7 Å². The zero-order valence-electron chi connectivity index (χ0n) is 20.5. The first kappa shape index (κ1) is 25.9. The Morgan fingerprint density at radius 2 is 1.00 bits per heavy atom. The lowest BCUT2D eigenvalue weighted by atomic mass is 9.77. The second-order valence-electron chi connectivity index (χ2n) is 9.80. The van der Waals surface area contributed by atoms with Crippen molar-refractivity contribution in [2.45, 2.75) is 111 Å². The van der Waals surface area contributed by atoms with Crippen LogP contribution in [0, 0.1) is 23.7 Å². The van der Waals surface area contributed by atoms with Gasteiger partial charge in [-0.25, -0.2) is 9.59 Å². The predicted octanol–water partition coefficient (Wildman–Crippen LogP) is 7.01. The maximum absolute atomic E-state index is 12.9. The molecule has 2 aliphatic rings. The molecule has 31 heavy (non-hydrogen) atoms. The van der Waals surface area contributed by atoms with Crippen LogP contribution in [0.25, 0.3) is 0 Å². The Labute approximate surface area is 190 Å². The summed E-state index contributed by atoms with van der Waals surface area (Å²) in [6.07, 6.45) is 14.8. The van der Waals surface area contributed by atoms with Gasteiger partial charge in [0.15, 0.2) is 0 Å². The van der Waals surface area contributed by atoms with Gasteiger partial charge in [-0.05, 0) is 42.9 Å². The molecule has 4 atom stereocenters. The molecule has 4 heteroatoms. The first-order chi connectivity index (χ1) is 15.0. The van der Waals surface area contributed by atoms with Gasteiger partial charge in [-0.1, -0.05) is 91.9 Å². The predicted molar refractivity (Wildman–Crippen MR) is 126 cm³/mol. The molecule has 4 unspecified atom stereocenters. The van der Waals surface area contributed by atoms with E-state index in [0.29, 0.717) is 36.2 Å². The SMILES string of the molecule is CCCCCCCCOC(=O)C1=C(C(=O)OCCCCCCCC)C2CC1C(C)C2C. The van der Waals surface area contributed by atoms with Crippen LogP contribution in [-0.2, 0) is 19.1 Å². The fraction of sp³-hybridized carbons (Fsp3) is 0.852. The van der Waals surface area contributed by atoms with E-state index < -0.39 is 0 Å². The normalized spacial score (nSPS) is 24.6. The van der Waals surface area contributed by atoms with Crippen molar-refractivity contribution in [2.24, 2.45) is 23.7 Å². The zero-order chi connectivity index (χ0) is 22.6. The molecular formula is C27H46O4. The zero-order valence-corrected chi connectivity index (χ0v) is 20.5. The summed E-state index contributed by atoms with van der Waals surface area (Å²) in [5.74, 6) is 0.577. The van der Waals surface area contributed by atoms with Crippen LogP contribution >= 0.6 is 0 Å². The van der Waals surface area contributed by atoms with Crippen molar-refractivity contribution in [3.63, 3.8) is 0 Å². The average Bonchev–Trinajstić information content (AvgIpc) is 3.29. The average molecular weight is 435 g/mol. The molecule has 0 aromatic heterocycles. The highest BCUT2D eigenvalue weighted by molar-refractivity contribution is 6.02. The number of carbonyl (C=O) groups excluding carboxylic acids is 2. The molecule has 0 aliphatic heterocycles. The van der Waals surface area contributed by atoms with Gasteiger partial charge in [0, 0.05) is 0 Å². The minimum atomic E-state index is -0.272. The highest BCUT2D eigenvalue weighted by Crippen LogP contribution is 2.55. The third kappa shape index (κ3) is 7.36. The van der Waals surface area contributed by atoms with Crippen molar-refractivity contribution in [3.05, 3.63) is 11.1 Å². The summed E-state index contributed by atoms with van der Waals surface area (Å²) in [7, 11) is 0. The molecule has 178 valence electrons. The molecule has 0 aromatic rings. The summed E-state index contributed by atoms with van der Waals surface area (Å²) >= 11 is 0. The smallest absolute Gasteiger partial charge is 0.334 e. The Morgan fingerprint density at radius 1 is 0.645 bits per heavy atom. The summed E-state index contributed by atoms with van der Waals surface area (Å²) < 4.78 is 11.3. The molecule has 0 heterocycles. The standard InChI is InChI=1S/C27H46O4/c1-5-7-9-11-13-15-17-30-26(28)24-22-19-23(21(4)20(22)3)25(24)27(29)31-18-16-14-12-10-8-6-2/h20-23H,5-19H2,1-4H3. The van der Waals surface area contributed by atoms with Crippen molar-refractivity contribution in [1.82, 2.24) is 0 Å². The third-order valence-electron chi connectivity index (χ3n) is 7.54. The van der Waals surface area contributed by atoms with E-state index in [4.69, 9.17) is 9.47 Å². The summed E-state index contributed by atoms with van der Waals surface area (Å²) in [5.41, 5.74) is 1.27. The van der Waals surface area contributed by atoms with Crippen molar-refractivity contribution in [1.29, 1.82) is 0 Å². The van der Waals surface area contributed by atoms with E-state index in [1.165, 1.54) is 51.4 Å². The van der Waals surface area contributed by atoms with Gasteiger partial charge in [0.1, 0.15) is 0 Å². The van der Waals surface area contributed by atoms with Gasteiger partial charge in [-0.15, -0.1) is 0 Å². The topological polar surface area (TPSA) is 52.6 Å². The first-order valence-corrected chi connectivity index (χ1v) is 13.1. The van der Waals surface area contributed by atoms with E-state index in [0.717, 1.165) is 32.1 Å². The van der Waals surface area contributed by atoms with Crippen molar-refractivity contribution in [2.75, 3.05) is 13.2 Å². The lowest BCUT2D eigenvalue weighted by Crippen LogP contribution is -2.29. The lowest BCUT2D eigenvalue weighted by molar-refractivity contribution is -0.143. The number of carbonyl (C=O) groups is 2. The molecule has 1 fully saturated rings. The number of hydrogen-bond donors (Lipinski definition) is 0. The molecule has 4 nitrogen and oxygen atoms in total. The van der Waals surface area contributed by atoms with Gasteiger partial charge >= 0.3 is 11.9 Å². The highest BCUT2D eigenvalue weighted by atomic mass is 16.5. The fourth-order valence-electron chi connectivity index (χ4n) is 5.37. The van der Waals surface area contributed by atoms with Gasteiger partial charge in [-0.2, -0.15) is 0 Å². The van der Waals surface area contributed by atoms with Crippen LogP contribution in [-0.4, -0.2) is 25.2 Å². The third-order valence-corrected chi connectivity index (χ3v) is 7.54. The number of unbranched alkanes of at least 4 members (excludes halogenated alkanes) is 10. The Kier molecular flexibility index (Phi) is 11.7. The van der Waals surface area contributed by atoms with Gasteiger partial charge < -0.3 is 9.47 Å². The molecule has 0 N–H and O–H groups in total. The summed E-state index contributed by atoms with van der Waals surface area (Å²) in [6.45, 7) is 9.74. The van der Waals surface area contributed by atoms with Crippen LogP contribution < -0.4 is 0 Å². The molecule has 0 saturated heterocycles. The molecule has 2 rings (SSSR count). The quantitative estimate of drug-likeness (QED) is 0.194. The molecule has 1 saturated carbocycles. The second-order valence-corrected chi connectivity index (χ2v) is 9.80. The minimum Gasteiger partial charge on any atom is -0.462 e. The van der Waals surface area contributed by atoms with Crippen LogP contribution in [0.4, 0.5) is 0 Å². The summed E-state index contributed by atoms with van der Waals surface area (Å²) in [6, 6.07) is 0. The maximum atomic E-state index is 12.9. The molecule has 2 bridgehead atoms. The maximum Gasteiger partial charge on any atom is 0.334 e. The van der Waals surface area contributed by atoms with Gasteiger partial charge in [0.05, 0.1) is 24.4 Å². The number of rotatable bonds is 16.